The lowest BCUT2D eigenvalue weighted by atomic mass is 9.98. The van der Waals surface area contributed by atoms with E-state index in [9.17, 15) is 9.18 Å². The van der Waals surface area contributed by atoms with Crippen molar-refractivity contribution >= 4 is 17.8 Å². The maximum atomic E-state index is 14.2. The Kier molecular flexibility index (Phi) is 5.30. The van der Waals surface area contributed by atoms with Crippen LogP contribution >= 0.6 is 0 Å². The number of rotatable bonds is 5. The maximum absolute atomic E-state index is 14.2. The van der Waals surface area contributed by atoms with E-state index in [1.165, 1.54) is 14.2 Å². The summed E-state index contributed by atoms with van der Waals surface area (Å²) in [7, 11) is 2.93. The van der Waals surface area contributed by atoms with E-state index in [1.54, 1.807) is 25.3 Å². The van der Waals surface area contributed by atoms with Crippen molar-refractivity contribution in [2.24, 2.45) is 12.2 Å². The van der Waals surface area contributed by atoms with Gasteiger partial charge in [0.05, 0.1) is 11.9 Å². The Morgan fingerprint density at radius 1 is 1.19 bits per heavy atom. The molecule has 1 heterocycles. The van der Waals surface area contributed by atoms with E-state index in [4.69, 9.17) is 4.84 Å². The van der Waals surface area contributed by atoms with Gasteiger partial charge in [-0.2, -0.15) is 9.49 Å². The molecule has 138 valence electrons. The molecule has 0 fully saturated rings. The summed E-state index contributed by atoms with van der Waals surface area (Å²) in [5.74, 6) is -1.22. The van der Waals surface area contributed by atoms with E-state index in [1.807, 2.05) is 36.4 Å². The van der Waals surface area contributed by atoms with Gasteiger partial charge in [-0.05, 0) is 18.6 Å². The van der Waals surface area contributed by atoms with Crippen LogP contribution in [0, 0.1) is 12.9 Å². The van der Waals surface area contributed by atoms with Gasteiger partial charge < -0.3 is 10.2 Å². The summed E-state index contributed by atoms with van der Waals surface area (Å²) in [4.78, 5) is 17.4. The zero-order chi connectivity index (χ0) is 19.4. The van der Waals surface area contributed by atoms with Gasteiger partial charge in [0.1, 0.15) is 12.7 Å². The summed E-state index contributed by atoms with van der Waals surface area (Å²) in [5, 5.41) is 10.6. The molecule has 1 amide bonds. The fourth-order valence-corrected chi connectivity index (χ4v) is 2.86. The lowest BCUT2D eigenvalue weighted by Crippen LogP contribution is -2.15. The number of anilines is 1. The van der Waals surface area contributed by atoms with E-state index in [0.717, 1.165) is 21.4 Å². The van der Waals surface area contributed by atoms with Gasteiger partial charge in [0.2, 0.25) is 5.95 Å². The Labute approximate surface area is 156 Å². The van der Waals surface area contributed by atoms with Gasteiger partial charge in [-0.15, -0.1) is 0 Å². The summed E-state index contributed by atoms with van der Waals surface area (Å²) in [6.45, 7) is 1.60. The SMILES string of the molecule is CO/N=C/c1ccccc1-c1ccccc1NC(=O)c1c(C)nn(C)c1F. The third kappa shape index (κ3) is 3.72. The number of halogens is 1. The summed E-state index contributed by atoms with van der Waals surface area (Å²) < 4.78 is 15.3. The number of nitrogens with zero attached hydrogens (tertiary/aromatic N) is 3. The number of aromatic nitrogens is 2. The van der Waals surface area contributed by atoms with Crippen LogP contribution in [0.15, 0.2) is 53.7 Å². The first-order valence-electron chi connectivity index (χ1n) is 8.28. The molecule has 1 N–H and O–H groups in total. The number of amides is 1. The van der Waals surface area contributed by atoms with Crippen LogP contribution in [-0.4, -0.2) is 29.0 Å². The van der Waals surface area contributed by atoms with Gasteiger partial charge in [0.15, 0.2) is 0 Å². The van der Waals surface area contributed by atoms with E-state index in [2.05, 4.69) is 15.6 Å². The molecule has 0 saturated carbocycles. The highest BCUT2D eigenvalue weighted by Crippen LogP contribution is 2.30. The van der Waals surface area contributed by atoms with Crippen LogP contribution in [0.2, 0.25) is 0 Å². The monoisotopic (exact) mass is 366 g/mol. The fourth-order valence-electron chi connectivity index (χ4n) is 2.86. The molecule has 3 rings (SSSR count). The first-order chi connectivity index (χ1) is 13.0. The second-order valence-corrected chi connectivity index (χ2v) is 5.88. The van der Waals surface area contributed by atoms with Crippen molar-refractivity contribution in [2.45, 2.75) is 6.92 Å². The molecule has 6 nitrogen and oxygen atoms in total. The lowest BCUT2D eigenvalue weighted by molar-refractivity contribution is 0.102. The van der Waals surface area contributed by atoms with Crippen LogP contribution in [-0.2, 0) is 11.9 Å². The third-order valence-corrected chi connectivity index (χ3v) is 4.10. The number of carbonyl (C=O) groups excluding carboxylic acids is 1. The quantitative estimate of drug-likeness (QED) is 0.552. The first-order valence-corrected chi connectivity index (χ1v) is 8.28. The van der Waals surface area contributed by atoms with E-state index in [0.29, 0.717) is 11.4 Å². The highest BCUT2D eigenvalue weighted by atomic mass is 19.1. The van der Waals surface area contributed by atoms with Crippen LogP contribution in [0.4, 0.5) is 10.1 Å². The van der Waals surface area contributed by atoms with Gasteiger partial charge in [-0.3, -0.25) is 4.79 Å². The number of oxime groups is 1. The van der Waals surface area contributed by atoms with Crippen molar-refractivity contribution in [1.82, 2.24) is 9.78 Å². The van der Waals surface area contributed by atoms with Gasteiger partial charge >= 0.3 is 0 Å². The summed E-state index contributed by atoms with van der Waals surface area (Å²) >= 11 is 0. The standard InChI is InChI=1S/C20H19FN4O2/c1-13-18(19(21)25(2)24-13)20(26)23-17-11-7-6-10-16(17)15-9-5-4-8-14(15)12-22-27-3/h4-12H,1-3H3,(H,23,26)/b22-12+. The highest BCUT2D eigenvalue weighted by molar-refractivity contribution is 6.07. The smallest absolute Gasteiger partial charge is 0.262 e. The van der Waals surface area contributed by atoms with Crippen molar-refractivity contribution in [3.05, 3.63) is 71.3 Å². The Morgan fingerprint density at radius 2 is 1.85 bits per heavy atom. The average molecular weight is 366 g/mol. The van der Waals surface area contributed by atoms with Crippen molar-refractivity contribution in [2.75, 3.05) is 12.4 Å². The number of benzene rings is 2. The van der Waals surface area contributed by atoms with Crippen molar-refractivity contribution in [3.8, 4) is 11.1 Å². The molecular weight excluding hydrogens is 347 g/mol. The normalized spacial score (nSPS) is 11.0. The Balaban J connectivity index is 2.01. The molecule has 0 radical (unpaired) electrons. The molecule has 0 unspecified atom stereocenters. The Morgan fingerprint density at radius 3 is 2.52 bits per heavy atom. The topological polar surface area (TPSA) is 68.5 Å². The summed E-state index contributed by atoms with van der Waals surface area (Å²) in [6, 6.07) is 14.9. The van der Waals surface area contributed by atoms with Gasteiger partial charge in [-0.25, -0.2) is 4.68 Å². The molecule has 0 saturated heterocycles. The first kappa shape index (κ1) is 18.3. The molecule has 2 aromatic carbocycles. The molecule has 0 aliphatic heterocycles. The molecule has 27 heavy (non-hydrogen) atoms. The van der Waals surface area contributed by atoms with E-state index in [-0.39, 0.29) is 5.56 Å². The van der Waals surface area contributed by atoms with Crippen molar-refractivity contribution in [3.63, 3.8) is 0 Å². The zero-order valence-corrected chi connectivity index (χ0v) is 15.2. The zero-order valence-electron chi connectivity index (χ0n) is 15.2. The number of carbonyl (C=O) groups is 1. The summed E-state index contributed by atoms with van der Waals surface area (Å²) in [6.07, 6.45) is 1.60. The van der Waals surface area contributed by atoms with Gasteiger partial charge in [0.25, 0.3) is 5.91 Å². The molecule has 0 atom stereocenters. The van der Waals surface area contributed by atoms with Crippen LogP contribution in [0.25, 0.3) is 11.1 Å². The average Bonchev–Trinajstić information content (AvgIpc) is 2.92. The van der Waals surface area contributed by atoms with Crippen LogP contribution in [0.3, 0.4) is 0 Å². The largest absolute Gasteiger partial charge is 0.399 e. The summed E-state index contributed by atoms with van der Waals surface area (Å²) in [5.41, 5.74) is 3.29. The second kappa shape index (κ2) is 7.82. The minimum Gasteiger partial charge on any atom is -0.399 e. The molecule has 0 bridgehead atoms. The van der Waals surface area contributed by atoms with Crippen molar-refractivity contribution in [1.29, 1.82) is 0 Å². The number of para-hydroxylation sites is 1. The lowest BCUT2D eigenvalue weighted by Gasteiger charge is -2.13. The molecule has 0 spiro atoms. The van der Waals surface area contributed by atoms with E-state index < -0.39 is 11.9 Å². The van der Waals surface area contributed by atoms with Gasteiger partial charge in [0, 0.05) is 23.9 Å². The highest BCUT2D eigenvalue weighted by Gasteiger charge is 2.21. The Hall–Kier alpha value is -3.48. The maximum Gasteiger partial charge on any atom is 0.262 e. The number of hydrogen-bond acceptors (Lipinski definition) is 4. The fraction of sp³-hybridized carbons (Fsp3) is 0.150. The molecule has 0 aliphatic rings. The Bertz CT molecular complexity index is 1010. The number of nitrogens with one attached hydrogen (secondary N) is 1. The molecule has 1 aromatic heterocycles. The molecule has 0 aliphatic carbocycles. The number of aryl methyl sites for hydroxylation is 2. The minimum absolute atomic E-state index is 0.0680. The van der Waals surface area contributed by atoms with Crippen LogP contribution < -0.4 is 5.32 Å². The molecule has 7 heteroatoms. The van der Waals surface area contributed by atoms with Gasteiger partial charge in [-0.1, -0.05) is 47.6 Å². The van der Waals surface area contributed by atoms with Crippen LogP contribution in [0.1, 0.15) is 21.6 Å². The molecule has 3 aromatic rings. The second-order valence-electron chi connectivity index (χ2n) is 5.88. The van der Waals surface area contributed by atoms with Crippen molar-refractivity contribution < 1.29 is 14.0 Å². The predicted octanol–water partition coefficient (Wildman–Crippen LogP) is 3.77. The minimum atomic E-state index is -0.671. The third-order valence-electron chi connectivity index (χ3n) is 4.10. The predicted molar refractivity (Wildman–Crippen MR) is 102 cm³/mol. The molecular formula is C20H19FN4O2. The van der Waals surface area contributed by atoms with E-state index >= 15 is 0 Å². The van der Waals surface area contributed by atoms with Crippen LogP contribution in [0.5, 0.6) is 0 Å². The number of hydrogen-bond donors (Lipinski definition) is 1.